The summed E-state index contributed by atoms with van der Waals surface area (Å²) >= 11 is 6.98. The molecule has 0 bridgehead atoms. The van der Waals surface area contributed by atoms with E-state index < -0.39 is 11.9 Å². The first-order valence-corrected chi connectivity index (χ1v) is 8.92. The van der Waals surface area contributed by atoms with Crippen molar-refractivity contribution in [1.29, 1.82) is 0 Å². The van der Waals surface area contributed by atoms with E-state index in [0.717, 1.165) is 16.7 Å². The molecule has 0 spiro atoms. The van der Waals surface area contributed by atoms with Crippen LogP contribution in [0.25, 0.3) is 0 Å². The van der Waals surface area contributed by atoms with Crippen molar-refractivity contribution in [3.63, 3.8) is 0 Å². The fraction of sp³-hybridized carbons (Fsp3) is 0.375. The van der Waals surface area contributed by atoms with Gasteiger partial charge in [0.15, 0.2) is 11.7 Å². The molecule has 1 aromatic carbocycles. The summed E-state index contributed by atoms with van der Waals surface area (Å²) in [6.45, 7) is 2.43. The van der Waals surface area contributed by atoms with Crippen LogP contribution in [0, 0.1) is 0 Å². The molecule has 5 nitrogen and oxygen atoms in total. The van der Waals surface area contributed by atoms with E-state index in [4.69, 9.17) is 16.3 Å². The predicted molar refractivity (Wildman–Crippen MR) is 112 cm³/mol. The van der Waals surface area contributed by atoms with E-state index in [2.05, 4.69) is 20.6 Å². The molecule has 0 fully saturated rings. The molecule has 150 valence electrons. The summed E-state index contributed by atoms with van der Waals surface area (Å²) in [5, 5.41) is 7.79. The van der Waals surface area contributed by atoms with Gasteiger partial charge in [0.25, 0.3) is 0 Å². The number of alkyl halides is 3. The van der Waals surface area contributed by atoms with Gasteiger partial charge in [-0.25, -0.2) is 4.98 Å². The van der Waals surface area contributed by atoms with Crippen molar-refractivity contribution in [2.75, 3.05) is 13.6 Å². The molecule has 0 aliphatic heterocycles. The number of guanidine groups is 1. The largest absolute Gasteiger partial charge is 0.487 e. The summed E-state index contributed by atoms with van der Waals surface area (Å²) in [5.41, 5.74) is -0.885. The van der Waals surface area contributed by atoms with Crippen LogP contribution in [0.2, 0.25) is 5.02 Å². The van der Waals surface area contributed by atoms with Crippen LogP contribution in [0.5, 0.6) is 5.75 Å². The Bertz CT molecular complexity index is 757. The van der Waals surface area contributed by atoms with Crippen molar-refractivity contribution < 1.29 is 17.9 Å². The number of halogens is 5. The first-order valence-electron chi connectivity index (χ1n) is 7.67. The monoisotopic (exact) mass is 534 g/mol. The van der Waals surface area contributed by atoms with E-state index in [9.17, 15) is 13.2 Å². The normalized spacial score (nSPS) is 12.9. The minimum Gasteiger partial charge on any atom is -0.487 e. The molecule has 0 aliphatic carbocycles. The molecule has 0 saturated carbocycles. The van der Waals surface area contributed by atoms with Crippen LogP contribution in [-0.2, 0) is 12.7 Å². The Morgan fingerprint density at radius 1 is 1.33 bits per heavy atom. The van der Waals surface area contributed by atoms with Gasteiger partial charge in [-0.05, 0) is 19.1 Å². The first kappa shape index (κ1) is 23.8. The fourth-order valence-corrected chi connectivity index (χ4v) is 2.86. The minimum absolute atomic E-state index is 0. The second-order valence-corrected chi connectivity index (χ2v) is 6.64. The predicted octanol–water partition coefficient (Wildman–Crippen LogP) is 4.57. The highest BCUT2D eigenvalue weighted by Crippen LogP contribution is 2.29. The highest BCUT2D eigenvalue weighted by molar-refractivity contribution is 14.0. The van der Waals surface area contributed by atoms with Gasteiger partial charge in [0, 0.05) is 12.4 Å². The van der Waals surface area contributed by atoms with Crippen molar-refractivity contribution in [1.82, 2.24) is 15.6 Å². The fourth-order valence-electron chi connectivity index (χ4n) is 1.94. The molecule has 1 aromatic heterocycles. The molecule has 2 aromatic rings. The zero-order valence-electron chi connectivity index (χ0n) is 14.5. The molecular weight excluding hydrogens is 516 g/mol. The lowest BCUT2D eigenvalue weighted by Crippen LogP contribution is -2.41. The Kier molecular flexibility index (Phi) is 9.60. The van der Waals surface area contributed by atoms with E-state index in [0.29, 0.717) is 28.3 Å². The smallest absolute Gasteiger partial charge is 0.434 e. The number of aromatic nitrogens is 1. The van der Waals surface area contributed by atoms with Gasteiger partial charge in [-0.3, -0.25) is 4.99 Å². The summed E-state index contributed by atoms with van der Waals surface area (Å²) in [4.78, 5) is 7.58. The molecule has 1 heterocycles. The van der Waals surface area contributed by atoms with E-state index in [1.54, 1.807) is 19.2 Å². The number of nitrogens with one attached hydrogen (secondary N) is 2. The number of aliphatic imine (C=N–C) groups is 1. The molecule has 0 saturated heterocycles. The topological polar surface area (TPSA) is 58.5 Å². The van der Waals surface area contributed by atoms with Crippen LogP contribution in [0.3, 0.4) is 0 Å². The molecule has 0 radical (unpaired) electrons. The zero-order chi connectivity index (χ0) is 19.2. The second kappa shape index (κ2) is 10.9. The van der Waals surface area contributed by atoms with Crippen LogP contribution in [0.1, 0.15) is 17.6 Å². The molecule has 2 N–H and O–H groups in total. The number of nitrogens with zero attached hydrogens (tertiary/aromatic N) is 2. The number of rotatable bonds is 6. The van der Waals surface area contributed by atoms with E-state index in [1.165, 1.54) is 0 Å². The van der Waals surface area contributed by atoms with Crippen molar-refractivity contribution in [3.05, 3.63) is 45.4 Å². The number of thiazole rings is 1. The third kappa shape index (κ3) is 7.70. The maximum Gasteiger partial charge on any atom is 0.434 e. The lowest BCUT2D eigenvalue weighted by atomic mass is 10.3. The van der Waals surface area contributed by atoms with Gasteiger partial charge in [0.05, 0.1) is 18.1 Å². The van der Waals surface area contributed by atoms with Crippen LogP contribution >= 0.6 is 46.9 Å². The Hall–Kier alpha value is -1.27. The standard InChI is InChI=1S/C16H18ClF3N4OS.HI/c1-10(25-12-6-4-3-5-11(12)17)7-22-15(21-2)23-8-14-24-13(9-26-14)16(18,19)20;/h3-6,9-10H,7-8H2,1-2H3,(H2,21,22,23);1H. The summed E-state index contributed by atoms with van der Waals surface area (Å²) in [6.07, 6.45) is -4.63. The quantitative estimate of drug-likeness (QED) is 0.324. The average molecular weight is 535 g/mol. The van der Waals surface area contributed by atoms with E-state index in [-0.39, 0.29) is 36.6 Å². The van der Waals surface area contributed by atoms with Crippen molar-refractivity contribution >= 4 is 52.9 Å². The Morgan fingerprint density at radius 3 is 2.63 bits per heavy atom. The molecule has 1 unspecified atom stereocenters. The molecule has 0 amide bonds. The van der Waals surface area contributed by atoms with Crippen molar-refractivity contribution in [2.24, 2.45) is 4.99 Å². The van der Waals surface area contributed by atoms with E-state index >= 15 is 0 Å². The number of benzene rings is 1. The van der Waals surface area contributed by atoms with Gasteiger partial charge in [-0.2, -0.15) is 13.2 Å². The molecule has 27 heavy (non-hydrogen) atoms. The van der Waals surface area contributed by atoms with Crippen LogP contribution < -0.4 is 15.4 Å². The van der Waals surface area contributed by atoms with Crippen molar-refractivity contribution in [2.45, 2.75) is 25.7 Å². The van der Waals surface area contributed by atoms with Crippen LogP contribution in [0.4, 0.5) is 13.2 Å². The third-order valence-corrected chi connectivity index (χ3v) is 4.36. The lowest BCUT2D eigenvalue weighted by Gasteiger charge is -2.18. The van der Waals surface area contributed by atoms with Gasteiger partial charge in [-0.1, -0.05) is 23.7 Å². The van der Waals surface area contributed by atoms with Crippen LogP contribution in [0.15, 0.2) is 34.6 Å². The van der Waals surface area contributed by atoms with Gasteiger partial charge in [-0.15, -0.1) is 35.3 Å². The molecular formula is C16H19ClF3IN4OS. The van der Waals surface area contributed by atoms with Gasteiger partial charge in [0.1, 0.15) is 16.9 Å². The highest BCUT2D eigenvalue weighted by atomic mass is 127. The first-order chi connectivity index (χ1) is 12.3. The van der Waals surface area contributed by atoms with Gasteiger partial charge in [0.2, 0.25) is 0 Å². The summed E-state index contributed by atoms with van der Waals surface area (Å²) in [6, 6.07) is 7.14. The SMILES string of the molecule is CN=C(NCc1nc(C(F)(F)F)cs1)NCC(C)Oc1ccccc1Cl.I. The third-order valence-electron chi connectivity index (χ3n) is 3.19. The highest BCUT2D eigenvalue weighted by Gasteiger charge is 2.33. The van der Waals surface area contributed by atoms with Crippen molar-refractivity contribution in [3.8, 4) is 5.75 Å². The molecule has 11 heteroatoms. The second-order valence-electron chi connectivity index (χ2n) is 5.29. The minimum atomic E-state index is -4.43. The number of hydrogen-bond acceptors (Lipinski definition) is 4. The maximum absolute atomic E-state index is 12.5. The Labute approximate surface area is 181 Å². The van der Waals surface area contributed by atoms with E-state index in [1.807, 2.05) is 19.1 Å². The lowest BCUT2D eigenvalue weighted by molar-refractivity contribution is -0.140. The number of para-hydroxylation sites is 1. The molecule has 1 atom stereocenters. The van der Waals surface area contributed by atoms with Crippen LogP contribution in [-0.4, -0.2) is 30.6 Å². The molecule has 2 rings (SSSR count). The number of hydrogen-bond donors (Lipinski definition) is 2. The number of ether oxygens (including phenoxy) is 1. The average Bonchev–Trinajstić information content (AvgIpc) is 3.06. The molecule has 0 aliphatic rings. The Balaban J connectivity index is 0.00000364. The van der Waals surface area contributed by atoms with Gasteiger partial charge >= 0.3 is 6.18 Å². The summed E-state index contributed by atoms with van der Waals surface area (Å²) < 4.78 is 43.4. The summed E-state index contributed by atoms with van der Waals surface area (Å²) in [5.74, 6) is 1.01. The maximum atomic E-state index is 12.5. The Morgan fingerprint density at radius 2 is 2.04 bits per heavy atom. The van der Waals surface area contributed by atoms with Gasteiger partial charge < -0.3 is 15.4 Å². The summed E-state index contributed by atoms with van der Waals surface area (Å²) in [7, 11) is 1.57. The zero-order valence-corrected chi connectivity index (χ0v) is 18.4.